The molecule has 3 aromatic rings. The molecule has 0 unspecified atom stereocenters. The zero-order chi connectivity index (χ0) is 19.8. The van der Waals surface area contributed by atoms with Crippen molar-refractivity contribution < 1.29 is 14.5 Å². The number of benzene rings is 3. The van der Waals surface area contributed by atoms with Crippen LogP contribution < -0.4 is 10.7 Å². The molecule has 0 saturated heterocycles. The second-order valence-corrected chi connectivity index (χ2v) is 6.43. The number of nitro groups is 1. The molecule has 9 heteroatoms. The molecule has 0 aliphatic carbocycles. The minimum atomic E-state index is -0.512. The van der Waals surface area contributed by atoms with Crippen molar-refractivity contribution in [3.8, 4) is 0 Å². The number of anilines is 1. The highest BCUT2D eigenvalue weighted by molar-refractivity contribution is 7.80. The van der Waals surface area contributed by atoms with Gasteiger partial charge in [-0.2, -0.15) is 5.01 Å². The van der Waals surface area contributed by atoms with Crippen LogP contribution in [0.25, 0.3) is 10.8 Å². The van der Waals surface area contributed by atoms with Crippen LogP contribution in [0.1, 0.15) is 20.7 Å². The second-order valence-electron chi connectivity index (χ2n) is 6.02. The Labute approximate surface area is 163 Å². The van der Waals surface area contributed by atoms with Gasteiger partial charge in [0.15, 0.2) is 5.11 Å². The third kappa shape index (κ3) is 2.93. The molecule has 0 bridgehead atoms. The molecule has 1 aliphatic heterocycles. The van der Waals surface area contributed by atoms with Crippen molar-refractivity contribution in [2.24, 2.45) is 0 Å². The van der Waals surface area contributed by atoms with Crippen molar-refractivity contribution >= 4 is 51.3 Å². The summed E-state index contributed by atoms with van der Waals surface area (Å²) in [5.74, 6) is -1.02. The number of hydrogen-bond donors (Lipinski definition) is 2. The van der Waals surface area contributed by atoms with Crippen LogP contribution in [0.5, 0.6) is 0 Å². The molecule has 0 saturated carbocycles. The van der Waals surface area contributed by atoms with E-state index in [9.17, 15) is 19.7 Å². The SMILES string of the molecule is O=C1c2cccc3cccc(c23)C(=O)N1NC(=S)Nc1ccc([N+](=O)[O-])cc1. The zero-order valence-corrected chi connectivity index (χ0v) is 15.0. The summed E-state index contributed by atoms with van der Waals surface area (Å²) in [7, 11) is 0. The highest BCUT2D eigenvalue weighted by atomic mass is 32.1. The molecule has 1 aliphatic rings. The molecule has 0 spiro atoms. The first-order valence-corrected chi connectivity index (χ1v) is 8.59. The quantitative estimate of drug-likeness (QED) is 0.305. The number of carbonyl (C=O) groups is 2. The van der Waals surface area contributed by atoms with Crippen LogP contribution in [0.3, 0.4) is 0 Å². The lowest BCUT2D eigenvalue weighted by atomic mass is 9.95. The lowest BCUT2D eigenvalue weighted by Crippen LogP contribution is -2.52. The van der Waals surface area contributed by atoms with E-state index in [1.165, 1.54) is 24.3 Å². The predicted octanol–water partition coefficient (Wildman–Crippen LogP) is 3.25. The van der Waals surface area contributed by atoms with Gasteiger partial charge in [0.05, 0.1) is 16.1 Å². The number of hydrogen-bond acceptors (Lipinski definition) is 5. The third-order valence-corrected chi connectivity index (χ3v) is 4.51. The lowest BCUT2D eigenvalue weighted by Gasteiger charge is -2.28. The van der Waals surface area contributed by atoms with Crippen LogP contribution in [0.4, 0.5) is 11.4 Å². The number of thiocarbonyl (C=S) groups is 1. The number of rotatable bonds is 3. The summed E-state index contributed by atoms with van der Waals surface area (Å²) in [4.78, 5) is 35.8. The Kier molecular flexibility index (Phi) is 4.21. The van der Waals surface area contributed by atoms with Crippen LogP contribution in [-0.4, -0.2) is 26.9 Å². The van der Waals surface area contributed by atoms with Gasteiger partial charge in [-0.25, -0.2) is 0 Å². The van der Waals surface area contributed by atoms with E-state index >= 15 is 0 Å². The molecule has 8 nitrogen and oxygen atoms in total. The van der Waals surface area contributed by atoms with E-state index in [2.05, 4.69) is 10.7 Å². The number of imide groups is 1. The van der Waals surface area contributed by atoms with Gasteiger partial charge in [-0.15, -0.1) is 0 Å². The monoisotopic (exact) mass is 392 g/mol. The molecule has 4 rings (SSSR count). The Hall–Kier alpha value is -3.85. The fourth-order valence-corrected chi connectivity index (χ4v) is 3.27. The first-order valence-electron chi connectivity index (χ1n) is 8.18. The van der Waals surface area contributed by atoms with Crippen molar-refractivity contribution in [1.29, 1.82) is 0 Å². The van der Waals surface area contributed by atoms with Crippen molar-refractivity contribution in [3.63, 3.8) is 0 Å². The van der Waals surface area contributed by atoms with Gasteiger partial charge < -0.3 is 5.32 Å². The highest BCUT2D eigenvalue weighted by Crippen LogP contribution is 2.29. The van der Waals surface area contributed by atoms with Crippen molar-refractivity contribution in [3.05, 3.63) is 81.9 Å². The van der Waals surface area contributed by atoms with E-state index in [0.29, 0.717) is 22.2 Å². The number of non-ortho nitro benzene ring substituents is 1. The fraction of sp³-hybridized carbons (Fsp3) is 0. The maximum Gasteiger partial charge on any atom is 0.280 e. The molecular weight excluding hydrogens is 380 g/mol. The summed E-state index contributed by atoms with van der Waals surface area (Å²) in [5, 5.41) is 15.8. The molecule has 3 aromatic carbocycles. The van der Waals surface area contributed by atoms with Crippen LogP contribution in [0.2, 0.25) is 0 Å². The largest absolute Gasteiger partial charge is 0.331 e. The molecule has 0 fully saturated rings. The summed E-state index contributed by atoms with van der Waals surface area (Å²) in [6.45, 7) is 0. The Balaban J connectivity index is 1.57. The summed E-state index contributed by atoms with van der Waals surface area (Å²) >= 11 is 5.18. The molecule has 0 radical (unpaired) electrons. The van der Waals surface area contributed by atoms with Gasteiger partial charge in [0.1, 0.15) is 0 Å². The Morgan fingerprint density at radius 1 is 0.929 bits per heavy atom. The van der Waals surface area contributed by atoms with E-state index in [4.69, 9.17) is 12.2 Å². The van der Waals surface area contributed by atoms with Gasteiger partial charge in [-0.1, -0.05) is 24.3 Å². The highest BCUT2D eigenvalue weighted by Gasteiger charge is 2.33. The Bertz CT molecular complexity index is 1110. The van der Waals surface area contributed by atoms with Crippen LogP contribution in [-0.2, 0) is 0 Å². The van der Waals surface area contributed by atoms with Crippen LogP contribution >= 0.6 is 12.2 Å². The van der Waals surface area contributed by atoms with Gasteiger partial charge in [-0.3, -0.25) is 25.1 Å². The molecule has 0 atom stereocenters. The van der Waals surface area contributed by atoms with E-state index in [0.717, 1.165) is 10.4 Å². The number of nitrogens with one attached hydrogen (secondary N) is 2. The molecular formula is C19H12N4O4S. The average molecular weight is 392 g/mol. The second kappa shape index (κ2) is 6.71. The summed E-state index contributed by atoms with van der Waals surface area (Å²) in [6, 6.07) is 16.1. The standard InChI is InChI=1S/C19H12N4O4S/c24-17-14-5-1-3-11-4-2-6-15(16(11)14)18(25)22(17)21-19(28)20-12-7-9-13(10-8-12)23(26)27/h1-10H,(H2,20,21,28). The summed E-state index contributed by atoms with van der Waals surface area (Å²) < 4.78 is 0. The van der Waals surface area contributed by atoms with Gasteiger partial charge >= 0.3 is 0 Å². The maximum absolute atomic E-state index is 12.8. The summed E-state index contributed by atoms with van der Waals surface area (Å²) in [5.41, 5.74) is 3.83. The normalized spacial score (nSPS) is 12.8. The summed E-state index contributed by atoms with van der Waals surface area (Å²) in [6.07, 6.45) is 0. The number of amides is 2. The van der Waals surface area contributed by atoms with E-state index in [1.807, 2.05) is 12.1 Å². The third-order valence-electron chi connectivity index (χ3n) is 4.32. The molecule has 2 amide bonds. The van der Waals surface area contributed by atoms with Crippen molar-refractivity contribution in [1.82, 2.24) is 10.4 Å². The van der Waals surface area contributed by atoms with E-state index in [1.54, 1.807) is 24.3 Å². The molecule has 1 heterocycles. The smallest absolute Gasteiger partial charge is 0.280 e. The predicted molar refractivity (Wildman–Crippen MR) is 107 cm³/mol. The van der Waals surface area contributed by atoms with E-state index in [-0.39, 0.29) is 10.8 Å². The van der Waals surface area contributed by atoms with Crippen molar-refractivity contribution in [2.75, 3.05) is 5.32 Å². The first kappa shape index (κ1) is 17.6. The van der Waals surface area contributed by atoms with E-state index < -0.39 is 16.7 Å². The lowest BCUT2D eigenvalue weighted by molar-refractivity contribution is -0.384. The average Bonchev–Trinajstić information content (AvgIpc) is 2.69. The van der Waals surface area contributed by atoms with Crippen LogP contribution in [0.15, 0.2) is 60.7 Å². The Morgan fingerprint density at radius 2 is 1.50 bits per heavy atom. The molecule has 138 valence electrons. The number of carbonyl (C=O) groups excluding carboxylic acids is 2. The van der Waals surface area contributed by atoms with Gasteiger partial charge in [-0.05, 0) is 41.9 Å². The minimum Gasteiger partial charge on any atom is -0.331 e. The Morgan fingerprint density at radius 3 is 2.04 bits per heavy atom. The molecule has 0 aromatic heterocycles. The minimum absolute atomic E-state index is 0.00195. The zero-order valence-electron chi connectivity index (χ0n) is 14.2. The molecule has 2 N–H and O–H groups in total. The van der Waals surface area contributed by atoms with Crippen LogP contribution in [0, 0.1) is 10.1 Å². The maximum atomic E-state index is 12.8. The first-order chi connectivity index (χ1) is 13.5. The van der Waals surface area contributed by atoms with Gasteiger partial charge in [0.2, 0.25) is 0 Å². The fourth-order valence-electron chi connectivity index (χ4n) is 3.06. The number of hydrazine groups is 1. The van der Waals surface area contributed by atoms with Crippen molar-refractivity contribution in [2.45, 2.75) is 0 Å². The topological polar surface area (TPSA) is 105 Å². The van der Waals surface area contributed by atoms with Gasteiger partial charge in [0.25, 0.3) is 17.5 Å². The number of nitrogens with zero attached hydrogens (tertiary/aromatic N) is 2. The molecule has 28 heavy (non-hydrogen) atoms. The van der Waals surface area contributed by atoms with Gasteiger partial charge in [0, 0.05) is 23.2 Å². The number of nitro benzene ring substituents is 1.